The van der Waals surface area contributed by atoms with Crippen LogP contribution < -0.4 is 10.1 Å². The van der Waals surface area contributed by atoms with Crippen molar-refractivity contribution < 1.29 is 9.53 Å². The van der Waals surface area contributed by atoms with Crippen LogP contribution in [-0.2, 0) is 13.2 Å². The Morgan fingerprint density at radius 2 is 1.74 bits per heavy atom. The van der Waals surface area contributed by atoms with E-state index in [1.165, 1.54) is 5.56 Å². The summed E-state index contributed by atoms with van der Waals surface area (Å²) >= 11 is 0. The molecule has 5 rings (SSSR count). The lowest BCUT2D eigenvalue weighted by molar-refractivity contribution is 0.0908. The van der Waals surface area contributed by atoms with E-state index in [0.717, 1.165) is 48.9 Å². The van der Waals surface area contributed by atoms with E-state index < -0.39 is 0 Å². The van der Waals surface area contributed by atoms with E-state index in [2.05, 4.69) is 45.5 Å². The van der Waals surface area contributed by atoms with Crippen LogP contribution in [0.15, 0.2) is 91.1 Å². The number of carbonyl (C=O) groups is 1. The van der Waals surface area contributed by atoms with Crippen molar-refractivity contribution in [1.82, 2.24) is 15.2 Å². The summed E-state index contributed by atoms with van der Waals surface area (Å²) in [5.41, 5.74) is 3.99. The largest absolute Gasteiger partial charge is 0.489 e. The van der Waals surface area contributed by atoms with E-state index in [0.29, 0.717) is 17.9 Å². The Bertz CT molecular complexity index is 1250. The number of ether oxygens (including phenoxy) is 1. The van der Waals surface area contributed by atoms with Crippen LogP contribution in [0.4, 0.5) is 0 Å². The Balaban J connectivity index is 1.15. The number of likely N-dealkylation sites (tertiary alicyclic amines) is 1. The van der Waals surface area contributed by atoms with Gasteiger partial charge in [-0.3, -0.25) is 14.7 Å². The molecule has 0 atom stereocenters. The maximum atomic E-state index is 12.9. The van der Waals surface area contributed by atoms with E-state index in [4.69, 9.17) is 4.74 Å². The van der Waals surface area contributed by atoms with Crippen LogP contribution in [0.1, 0.15) is 34.3 Å². The van der Waals surface area contributed by atoms with E-state index in [1.54, 1.807) is 6.20 Å². The molecule has 1 N–H and O–H groups in total. The molecular formula is C29H29N3O2. The van der Waals surface area contributed by atoms with Crippen LogP contribution in [-0.4, -0.2) is 34.9 Å². The predicted octanol–water partition coefficient (Wildman–Crippen LogP) is 5.21. The number of amides is 1. The van der Waals surface area contributed by atoms with Crippen LogP contribution in [0.5, 0.6) is 5.75 Å². The van der Waals surface area contributed by atoms with Crippen LogP contribution >= 0.6 is 0 Å². The van der Waals surface area contributed by atoms with Gasteiger partial charge in [0.05, 0.1) is 5.52 Å². The van der Waals surface area contributed by atoms with Crippen molar-refractivity contribution in [3.05, 3.63) is 108 Å². The molecule has 1 aromatic heterocycles. The second-order valence-corrected chi connectivity index (χ2v) is 8.81. The first-order chi connectivity index (χ1) is 16.7. The van der Waals surface area contributed by atoms with Crippen molar-refractivity contribution in [3.63, 3.8) is 0 Å². The van der Waals surface area contributed by atoms with Gasteiger partial charge in [0.2, 0.25) is 0 Å². The molecule has 1 aliphatic heterocycles. The number of carbonyl (C=O) groups excluding carboxylic acids is 1. The zero-order valence-corrected chi connectivity index (χ0v) is 19.2. The van der Waals surface area contributed by atoms with Crippen molar-refractivity contribution in [2.24, 2.45) is 0 Å². The summed E-state index contributed by atoms with van der Waals surface area (Å²) in [6, 6.07) is 28.2. The molecule has 0 unspecified atom stereocenters. The first-order valence-electron chi connectivity index (χ1n) is 11.9. The molecule has 5 nitrogen and oxygen atoms in total. The lowest BCUT2D eigenvalue weighted by atomic mass is 10.0. The molecule has 1 amide bonds. The maximum Gasteiger partial charge on any atom is 0.251 e. The Morgan fingerprint density at radius 1 is 0.941 bits per heavy atom. The highest BCUT2D eigenvalue weighted by molar-refractivity contribution is 5.94. The second-order valence-electron chi connectivity index (χ2n) is 8.81. The van der Waals surface area contributed by atoms with Crippen molar-refractivity contribution in [2.45, 2.75) is 32.0 Å². The van der Waals surface area contributed by atoms with E-state index in [-0.39, 0.29) is 11.9 Å². The van der Waals surface area contributed by atoms with Gasteiger partial charge in [0.15, 0.2) is 0 Å². The average molecular weight is 452 g/mol. The van der Waals surface area contributed by atoms with Gasteiger partial charge in [0.1, 0.15) is 12.4 Å². The number of pyridine rings is 1. The summed E-state index contributed by atoms with van der Waals surface area (Å²) in [5.74, 6) is 0.646. The zero-order chi connectivity index (χ0) is 23.2. The normalized spacial score (nSPS) is 14.7. The smallest absolute Gasteiger partial charge is 0.251 e. The first kappa shape index (κ1) is 22.1. The number of benzene rings is 3. The third-order valence-corrected chi connectivity index (χ3v) is 6.40. The highest BCUT2D eigenvalue weighted by atomic mass is 16.5. The molecule has 1 aliphatic rings. The van der Waals surface area contributed by atoms with Crippen LogP contribution in [0, 0.1) is 0 Å². The van der Waals surface area contributed by atoms with Gasteiger partial charge >= 0.3 is 0 Å². The summed E-state index contributed by atoms with van der Waals surface area (Å²) < 4.78 is 6.04. The summed E-state index contributed by atoms with van der Waals surface area (Å²) in [7, 11) is 0. The molecule has 1 saturated heterocycles. The van der Waals surface area contributed by atoms with Gasteiger partial charge in [-0.05, 0) is 48.7 Å². The van der Waals surface area contributed by atoms with Gasteiger partial charge in [-0.2, -0.15) is 0 Å². The molecule has 172 valence electrons. The van der Waals surface area contributed by atoms with Gasteiger partial charge in [-0.15, -0.1) is 0 Å². The summed E-state index contributed by atoms with van der Waals surface area (Å²) in [5, 5.41) is 4.30. The van der Waals surface area contributed by atoms with Crippen molar-refractivity contribution in [1.29, 1.82) is 0 Å². The van der Waals surface area contributed by atoms with E-state index >= 15 is 0 Å². The number of para-hydroxylation sites is 1. The average Bonchev–Trinajstić information content (AvgIpc) is 2.89. The summed E-state index contributed by atoms with van der Waals surface area (Å²) in [4.78, 5) is 19.8. The van der Waals surface area contributed by atoms with Crippen molar-refractivity contribution in [3.8, 4) is 5.75 Å². The number of piperidine rings is 1. The lowest BCUT2D eigenvalue weighted by Gasteiger charge is -2.32. The number of hydrogen-bond donors (Lipinski definition) is 1. The van der Waals surface area contributed by atoms with Crippen LogP contribution in [0.3, 0.4) is 0 Å². The molecule has 34 heavy (non-hydrogen) atoms. The minimum Gasteiger partial charge on any atom is -0.489 e. The molecule has 4 aromatic rings. The van der Waals surface area contributed by atoms with Gasteiger partial charge < -0.3 is 10.1 Å². The Labute approximate surface area is 200 Å². The number of fused-ring (bicyclic) bond motifs is 1. The quantitative estimate of drug-likeness (QED) is 0.419. The zero-order valence-electron chi connectivity index (χ0n) is 19.2. The molecule has 3 aromatic carbocycles. The molecule has 0 saturated carbocycles. The SMILES string of the molecule is O=C(NC1CCN(Cc2ccccc2)CC1)c1cccc(OCc2ccnc3ccccc23)c1. The summed E-state index contributed by atoms with van der Waals surface area (Å²) in [6.07, 6.45) is 3.73. The lowest BCUT2D eigenvalue weighted by Crippen LogP contribution is -2.44. The molecule has 5 heteroatoms. The Hall–Kier alpha value is -3.70. The van der Waals surface area contributed by atoms with Crippen molar-refractivity contribution >= 4 is 16.8 Å². The third kappa shape index (κ3) is 5.43. The fourth-order valence-electron chi connectivity index (χ4n) is 4.51. The highest BCUT2D eigenvalue weighted by Crippen LogP contribution is 2.21. The number of nitrogens with zero attached hydrogens (tertiary/aromatic N) is 2. The molecule has 0 bridgehead atoms. The van der Waals surface area contributed by atoms with Crippen LogP contribution in [0.2, 0.25) is 0 Å². The first-order valence-corrected chi connectivity index (χ1v) is 11.9. The molecular weight excluding hydrogens is 422 g/mol. The fraction of sp³-hybridized carbons (Fsp3) is 0.241. The van der Waals surface area contributed by atoms with Crippen molar-refractivity contribution in [2.75, 3.05) is 13.1 Å². The minimum absolute atomic E-state index is 0.0404. The summed E-state index contributed by atoms with van der Waals surface area (Å²) in [6.45, 7) is 3.37. The standard InChI is InChI=1S/C29H29N3O2/c33-29(31-25-14-17-32(18-15-25)20-22-7-2-1-3-8-22)23-9-6-10-26(19-23)34-21-24-13-16-30-28-12-5-4-11-27(24)28/h1-13,16,19,25H,14-15,17-18,20-21H2,(H,31,33). The van der Waals surface area contributed by atoms with Gasteiger partial charge in [0.25, 0.3) is 5.91 Å². The van der Waals surface area contributed by atoms with Gasteiger partial charge in [-0.1, -0.05) is 54.6 Å². The fourth-order valence-corrected chi connectivity index (χ4v) is 4.51. The van der Waals surface area contributed by atoms with Crippen LogP contribution in [0.25, 0.3) is 10.9 Å². The minimum atomic E-state index is -0.0404. The Kier molecular flexibility index (Phi) is 6.82. The van der Waals surface area contributed by atoms with E-state index in [9.17, 15) is 4.79 Å². The van der Waals surface area contributed by atoms with Gasteiger partial charge in [-0.25, -0.2) is 0 Å². The number of hydrogen-bond acceptors (Lipinski definition) is 4. The number of aromatic nitrogens is 1. The molecule has 0 aliphatic carbocycles. The second kappa shape index (κ2) is 10.5. The topological polar surface area (TPSA) is 54.5 Å². The molecule has 1 fully saturated rings. The predicted molar refractivity (Wildman–Crippen MR) is 135 cm³/mol. The van der Waals surface area contributed by atoms with Gasteiger partial charge in [0, 0.05) is 48.4 Å². The number of nitrogens with one attached hydrogen (secondary N) is 1. The molecule has 2 heterocycles. The maximum absolute atomic E-state index is 12.9. The monoisotopic (exact) mass is 451 g/mol. The molecule has 0 spiro atoms. The number of rotatable bonds is 7. The third-order valence-electron chi connectivity index (χ3n) is 6.40. The molecule has 0 radical (unpaired) electrons. The Morgan fingerprint density at radius 3 is 2.59 bits per heavy atom. The van der Waals surface area contributed by atoms with E-state index in [1.807, 2.05) is 54.6 Å². The highest BCUT2D eigenvalue weighted by Gasteiger charge is 2.21.